The number of rotatable bonds is 2. The fourth-order valence-electron chi connectivity index (χ4n) is 1.66. The summed E-state index contributed by atoms with van der Waals surface area (Å²) in [6.07, 6.45) is -2.18. The smallest absolute Gasteiger partial charge is 0.449 e. The third kappa shape index (κ3) is 1.47. The predicted octanol–water partition coefficient (Wildman–Crippen LogP) is 0.392. The molecule has 0 aliphatic carbocycles. The van der Waals surface area contributed by atoms with E-state index < -0.39 is 18.2 Å². The van der Waals surface area contributed by atoms with Crippen molar-refractivity contribution in [2.75, 3.05) is 0 Å². The molecule has 6 nitrogen and oxygen atoms in total. The second-order valence-electron chi connectivity index (χ2n) is 3.33. The molecule has 2 N–H and O–H groups in total. The van der Waals surface area contributed by atoms with E-state index in [9.17, 15) is 14.7 Å². The van der Waals surface area contributed by atoms with Gasteiger partial charge in [0.1, 0.15) is 5.37 Å². The standard InChI is InChI=1S/C8H9NO5S/c1-3(10)5-6(11)9-4(14-8(12)13)2-15-7(5)9/h2-3,5,7,10H,1H3,(H,12,13)/t3?,5?,7-/m0/s1. The van der Waals surface area contributed by atoms with Gasteiger partial charge in [0.05, 0.1) is 12.0 Å². The molecule has 0 bridgehead atoms. The lowest BCUT2D eigenvalue weighted by Gasteiger charge is -2.43. The van der Waals surface area contributed by atoms with Crippen molar-refractivity contribution in [3.8, 4) is 0 Å². The average molecular weight is 231 g/mol. The van der Waals surface area contributed by atoms with E-state index in [4.69, 9.17) is 5.11 Å². The third-order valence-electron chi connectivity index (χ3n) is 2.34. The number of hydrogen-bond acceptors (Lipinski definition) is 5. The zero-order valence-electron chi connectivity index (χ0n) is 7.78. The molecule has 0 aromatic rings. The first kappa shape index (κ1) is 10.3. The Morgan fingerprint density at radius 1 is 1.73 bits per heavy atom. The number of carbonyl (C=O) groups excluding carboxylic acids is 1. The van der Waals surface area contributed by atoms with E-state index in [1.807, 2.05) is 0 Å². The maximum Gasteiger partial charge on any atom is 0.512 e. The van der Waals surface area contributed by atoms with Crippen molar-refractivity contribution in [3.63, 3.8) is 0 Å². The molecule has 7 heteroatoms. The molecule has 1 saturated heterocycles. The van der Waals surface area contributed by atoms with Crippen molar-refractivity contribution in [1.82, 2.24) is 4.90 Å². The number of nitrogens with zero attached hydrogens (tertiary/aromatic N) is 1. The van der Waals surface area contributed by atoms with Crippen LogP contribution in [-0.4, -0.2) is 38.7 Å². The Kier molecular flexibility index (Phi) is 2.35. The van der Waals surface area contributed by atoms with Crippen molar-refractivity contribution in [2.24, 2.45) is 5.92 Å². The highest BCUT2D eigenvalue weighted by atomic mass is 32.2. The van der Waals surface area contributed by atoms with Crippen molar-refractivity contribution in [1.29, 1.82) is 0 Å². The van der Waals surface area contributed by atoms with Crippen LogP contribution in [0.25, 0.3) is 0 Å². The van der Waals surface area contributed by atoms with Crippen molar-refractivity contribution in [2.45, 2.75) is 18.4 Å². The number of aliphatic hydroxyl groups is 1. The third-order valence-corrected chi connectivity index (χ3v) is 3.46. The van der Waals surface area contributed by atoms with Crippen LogP contribution in [0.2, 0.25) is 0 Å². The number of carbonyl (C=O) groups is 2. The number of ether oxygens (including phenoxy) is 1. The van der Waals surface area contributed by atoms with Crippen molar-refractivity contribution >= 4 is 23.8 Å². The molecule has 0 spiro atoms. The van der Waals surface area contributed by atoms with Crippen LogP contribution in [0.15, 0.2) is 11.3 Å². The Morgan fingerprint density at radius 3 is 2.93 bits per heavy atom. The van der Waals surface area contributed by atoms with Gasteiger partial charge in [-0.3, -0.25) is 9.69 Å². The minimum absolute atomic E-state index is 0.0272. The number of amides is 1. The molecule has 0 aromatic carbocycles. The number of thioether (sulfide) groups is 1. The Labute approximate surface area is 89.5 Å². The van der Waals surface area contributed by atoms with Gasteiger partial charge in [-0.1, -0.05) is 0 Å². The lowest BCUT2D eigenvalue weighted by molar-refractivity contribution is -0.155. The lowest BCUT2D eigenvalue weighted by Crippen LogP contribution is -2.60. The molecular weight excluding hydrogens is 222 g/mol. The monoisotopic (exact) mass is 231 g/mol. The maximum atomic E-state index is 11.5. The number of aliphatic hydroxyl groups excluding tert-OH is 1. The molecule has 0 radical (unpaired) electrons. The summed E-state index contributed by atoms with van der Waals surface area (Å²) in [5.41, 5.74) is 0. The molecular formula is C8H9NO5S. The summed E-state index contributed by atoms with van der Waals surface area (Å²) in [7, 11) is 0. The van der Waals surface area contributed by atoms with E-state index in [1.165, 1.54) is 29.0 Å². The van der Waals surface area contributed by atoms with Gasteiger partial charge in [0.2, 0.25) is 11.8 Å². The molecule has 2 aliphatic heterocycles. The molecule has 1 amide bonds. The van der Waals surface area contributed by atoms with Gasteiger partial charge in [-0.15, -0.1) is 11.8 Å². The number of hydrogen-bond donors (Lipinski definition) is 2. The van der Waals surface area contributed by atoms with Crippen LogP contribution in [0, 0.1) is 5.92 Å². The first-order valence-electron chi connectivity index (χ1n) is 4.30. The number of carboxylic acid groups (broad SMARTS) is 1. The minimum atomic E-state index is -1.45. The molecule has 3 atom stereocenters. The highest BCUT2D eigenvalue weighted by Crippen LogP contribution is 2.46. The molecule has 2 aliphatic rings. The van der Waals surface area contributed by atoms with Gasteiger partial charge in [-0.05, 0) is 6.92 Å². The SMILES string of the molecule is CC(O)C1C(=O)N2C(OC(=O)O)=CS[C@@H]12. The topological polar surface area (TPSA) is 87.1 Å². The Balaban J connectivity index is 2.07. The van der Waals surface area contributed by atoms with Gasteiger partial charge in [0, 0.05) is 5.41 Å². The van der Waals surface area contributed by atoms with E-state index in [2.05, 4.69) is 4.74 Å². The predicted molar refractivity (Wildman–Crippen MR) is 50.6 cm³/mol. The van der Waals surface area contributed by atoms with Gasteiger partial charge in [-0.25, -0.2) is 4.79 Å². The molecule has 2 rings (SSSR count). The summed E-state index contributed by atoms with van der Waals surface area (Å²) in [6.45, 7) is 1.54. The Morgan fingerprint density at radius 2 is 2.40 bits per heavy atom. The molecule has 2 unspecified atom stereocenters. The number of β-lactam (4-membered cyclic amide) rings is 1. The van der Waals surface area contributed by atoms with Gasteiger partial charge in [0.25, 0.3) is 0 Å². The molecule has 15 heavy (non-hydrogen) atoms. The van der Waals surface area contributed by atoms with E-state index in [-0.39, 0.29) is 17.2 Å². The van der Waals surface area contributed by atoms with Crippen LogP contribution in [0.5, 0.6) is 0 Å². The van der Waals surface area contributed by atoms with Gasteiger partial charge < -0.3 is 14.9 Å². The minimum Gasteiger partial charge on any atom is -0.449 e. The quantitative estimate of drug-likeness (QED) is 0.528. The van der Waals surface area contributed by atoms with Crippen LogP contribution < -0.4 is 0 Å². The second kappa shape index (κ2) is 3.42. The fraction of sp³-hybridized carbons (Fsp3) is 0.500. The Hall–Kier alpha value is -1.21. The fourth-order valence-corrected chi connectivity index (χ4v) is 2.92. The second-order valence-corrected chi connectivity index (χ2v) is 4.32. The normalized spacial score (nSPS) is 30.4. The van der Waals surface area contributed by atoms with Gasteiger partial charge >= 0.3 is 6.16 Å². The largest absolute Gasteiger partial charge is 0.512 e. The van der Waals surface area contributed by atoms with E-state index in [0.717, 1.165) is 0 Å². The van der Waals surface area contributed by atoms with E-state index in [0.29, 0.717) is 0 Å². The van der Waals surface area contributed by atoms with Crippen LogP contribution >= 0.6 is 11.8 Å². The highest BCUT2D eigenvalue weighted by Gasteiger charge is 2.55. The van der Waals surface area contributed by atoms with Crippen LogP contribution in [0.1, 0.15) is 6.92 Å². The molecule has 0 aromatic heterocycles. The first-order chi connectivity index (χ1) is 7.02. The maximum absolute atomic E-state index is 11.5. The lowest BCUT2D eigenvalue weighted by atomic mass is 9.93. The summed E-state index contributed by atoms with van der Waals surface area (Å²) in [4.78, 5) is 23.1. The first-order valence-corrected chi connectivity index (χ1v) is 5.24. The summed E-state index contributed by atoms with van der Waals surface area (Å²) in [5, 5.41) is 19.0. The van der Waals surface area contributed by atoms with E-state index in [1.54, 1.807) is 0 Å². The molecule has 0 saturated carbocycles. The summed E-state index contributed by atoms with van der Waals surface area (Å²) in [6, 6.07) is 0. The number of fused-ring (bicyclic) bond motifs is 1. The van der Waals surface area contributed by atoms with Crippen LogP contribution in [-0.2, 0) is 9.53 Å². The zero-order valence-corrected chi connectivity index (χ0v) is 8.60. The molecule has 2 heterocycles. The summed E-state index contributed by atoms with van der Waals surface area (Å²) >= 11 is 1.28. The molecule has 82 valence electrons. The zero-order chi connectivity index (χ0) is 11.2. The van der Waals surface area contributed by atoms with Crippen LogP contribution in [0.3, 0.4) is 0 Å². The van der Waals surface area contributed by atoms with Crippen LogP contribution in [0.4, 0.5) is 4.79 Å². The Bertz CT molecular complexity index is 353. The average Bonchev–Trinajstić information content (AvgIpc) is 2.41. The summed E-state index contributed by atoms with van der Waals surface area (Å²) in [5.74, 6) is -0.743. The highest BCUT2D eigenvalue weighted by molar-refractivity contribution is 8.03. The molecule has 1 fully saturated rings. The summed E-state index contributed by atoms with van der Waals surface area (Å²) < 4.78 is 4.42. The van der Waals surface area contributed by atoms with Crippen molar-refractivity contribution in [3.05, 3.63) is 11.3 Å². The van der Waals surface area contributed by atoms with Crippen molar-refractivity contribution < 1.29 is 24.5 Å². The van der Waals surface area contributed by atoms with Gasteiger partial charge in [0.15, 0.2) is 0 Å². The van der Waals surface area contributed by atoms with Gasteiger partial charge in [-0.2, -0.15) is 0 Å². The van der Waals surface area contributed by atoms with E-state index >= 15 is 0 Å².